The van der Waals surface area contributed by atoms with Crippen LogP contribution in [-0.2, 0) is 0 Å². The van der Waals surface area contributed by atoms with Gasteiger partial charge in [0.2, 0.25) is 0 Å². The SMILES string of the molecule is CC1([C@H]2C=CC(Cl)=C(Cl)C2)CCNC1. The zero-order valence-electron chi connectivity index (χ0n) is 8.32. The molecule has 2 rings (SSSR count). The molecule has 1 saturated heterocycles. The van der Waals surface area contributed by atoms with Gasteiger partial charge in [0.1, 0.15) is 0 Å². The molecule has 1 fully saturated rings. The molecule has 0 bridgehead atoms. The van der Waals surface area contributed by atoms with Gasteiger partial charge in [-0.25, -0.2) is 0 Å². The van der Waals surface area contributed by atoms with Crippen molar-refractivity contribution in [2.75, 3.05) is 13.1 Å². The van der Waals surface area contributed by atoms with Crippen molar-refractivity contribution in [3.05, 3.63) is 22.2 Å². The quantitative estimate of drug-likeness (QED) is 0.731. The van der Waals surface area contributed by atoms with Crippen molar-refractivity contribution in [2.24, 2.45) is 11.3 Å². The van der Waals surface area contributed by atoms with E-state index in [1.54, 1.807) is 0 Å². The van der Waals surface area contributed by atoms with Crippen LogP contribution in [0.4, 0.5) is 0 Å². The molecule has 0 aromatic heterocycles. The zero-order valence-corrected chi connectivity index (χ0v) is 9.83. The highest BCUT2D eigenvalue weighted by molar-refractivity contribution is 6.40. The fourth-order valence-electron chi connectivity index (χ4n) is 2.28. The summed E-state index contributed by atoms with van der Waals surface area (Å²) in [5.41, 5.74) is 0.355. The third kappa shape index (κ3) is 1.86. The summed E-state index contributed by atoms with van der Waals surface area (Å²) < 4.78 is 0. The lowest BCUT2D eigenvalue weighted by Crippen LogP contribution is -2.29. The van der Waals surface area contributed by atoms with Crippen molar-refractivity contribution in [1.29, 1.82) is 0 Å². The summed E-state index contributed by atoms with van der Waals surface area (Å²) in [5, 5.41) is 4.93. The number of allylic oxidation sites excluding steroid dienone is 4. The Hall–Kier alpha value is 0.0200. The van der Waals surface area contributed by atoms with Gasteiger partial charge in [0.25, 0.3) is 0 Å². The average Bonchev–Trinajstić information content (AvgIpc) is 2.58. The first-order chi connectivity index (χ1) is 6.62. The highest BCUT2D eigenvalue weighted by atomic mass is 35.5. The van der Waals surface area contributed by atoms with E-state index in [1.807, 2.05) is 6.08 Å². The van der Waals surface area contributed by atoms with Gasteiger partial charge < -0.3 is 5.32 Å². The smallest absolute Gasteiger partial charge is 0.0548 e. The number of hydrogen-bond donors (Lipinski definition) is 1. The van der Waals surface area contributed by atoms with Crippen LogP contribution in [0.5, 0.6) is 0 Å². The molecule has 0 aromatic rings. The first-order valence-corrected chi connectivity index (χ1v) is 5.80. The van der Waals surface area contributed by atoms with Crippen LogP contribution in [0.3, 0.4) is 0 Å². The number of hydrogen-bond acceptors (Lipinski definition) is 1. The fourth-order valence-corrected chi connectivity index (χ4v) is 2.66. The fraction of sp³-hybridized carbons (Fsp3) is 0.636. The zero-order chi connectivity index (χ0) is 10.2. The molecule has 14 heavy (non-hydrogen) atoms. The number of rotatable bonds is 1. The van der Waals surface area contributed by atoms with Gasteiger partial charge in [0.05, 0.1) is 5.03 Å². The summed E-state index contributed by atoms with van der Waals surface area (Å²) >= 11 is 12.0. The predicted molar refractivity (Wildman–Crippen MR) is 61.6 cm³/mol. The van der Waals surface area contributed by atoms with E-state index in [9.17, 15) is 0 Å². The molecule has 3 heteroatoms. The predicted octanol–water partition coefficient (Wildman–Crippen LogP) is 3.25. The molecule has 1 aliphatic carbocycles. The molecule has 2 aliphatic rings. The van der Waals surface area contributed by atoms with Gasteiger partial charge in [-0.3, -0.25) is 0 Å². The summed E-state index contributed by atoms with van der Waals surface area (Å²) in [4.78, 5) is 0. The third-order valence-corrected chi connectivity index (χ3v) is 4.24. The minimum absolute atomic E-state index is 0.355. The van der Waals surface area contributed by atoms with E-state index >= 15 is 0 Å². The molecule has 1 aliphatic heterocycles. The van der Waals surface area contributed by atoms with Crippen molar-refractivity contribution in [3.63, 3.8) is 0 Å². The second-order valence-corrected chi connectivity index (χ2v) is 5.37. The molecular formula is C11H15Cl2N. The molecule has 2 atom stereocenters. The Morgan fingerprint density at radius 1 is 1.50 bits per heavy atom. The molecule has 1 N–H and O–H groups in total. The van der Waals surface area contributed by atoms with Crippen LogP contribution in [0.1, 0.15) is 19.8 Å². The highest BCUT2D eigenvalue weighted by Gasteiger charge is 2.36. The van der Waals surface area contributed by atoms with E-state index < -0.39 is 0 Å². The number of halogens is 2. The van der Waals surface area contributed by atoms with Gasteiger partial charge in [-0.1, -0.05) is 36.2 Å². The Kier molecular flexibility index (Phi) is 2.92. The Labute approximate surface area is 95.2 Å². The Morgan fingerprint density at radius 3 is 2.86 bits per heavy atom. The topological polar surface area (TPSA) is 12.0 Å². The van der Waals surface area contributed by atoms with E-state index in [1.165, 1.54) is 6.42 Å². The lowest BCUT2D eigenvalue weighted by Gasteiger charge is -2.33. The van der Waals surface area contributed by atoms with E-state index in [0.717, 1.165) is 24.5 Å². The first kappa shape index (κ1) is 10.5. The third-order valence-electron chi connectivity index (χ3n) is 3.43. The van der Waals surface area contributed by atoms with Crippen molar-refractivity contribution in [2.45, 2.75) is 19.8 Å². The van der Waals surface area contributed by atoms with E-state index in [4.69, 9.17) is 23.2 Å². The van der Waals surface area contributed by atoms with Crippen molar-refractivity contribution >= 4 is 23.2 Å². The second-order valence-electron chi connectivity index (χ2n) is 4.50. The molecule has 78 valence electrons. The monoisotopic (exact) mass is 231 g/mol. The second kappa shape index (κ2) is 3.88. The van der Waals surface area contributed by atoms with Crippen LogP contribution < -0.4 is 5.32 Å². The summed E-state index contributed by atoms with van der Waals surface area (Å²) in [6, 6.07) is 0. The van der Waals surface area contributed by atoms with Gasteiger partial charge in [-0.2, -0.15) is 0 Å². The molecule has 0 radical (unpaired) electrons. The summed E-state index contributed by atoms with van der Waals surface area (Å²) in [5.74, 6) is 0.535. The average molecular weight is 232 g/mol. The van der Waals surface area contributed by atoms with Crippen LogP contribution in [0.2, 0.25) is 0 Å². The van der Waals surface area contributed by atoms with Crippen molar-refractivity contribution < 1.29 is 0 Å². The van der Waals surface area contributed by atoms with E-state index in [2.05, 4.69) is 18.3 Å². The van der Waals surface area contributed by atoms with Gasteiger partial charge in [0.15, 0.2) is 0 Å². The largest absolute Gasteiger partial charge is 0.316 e. The van der Waals surface area contributed by atoms with Gasteiger partial charge in [-0.15, -0.1) is 0 Å². The van der Waals surface area contributed by atoms with Crippen LogP contribution in [0, 0.1) is 11.3 Å². The molecule has 0 spiro atoms. The molecular weight excluding hydrogens is 217 g/mol. The summed E-state index contributed by atoms with van der Waals surface area (Å²) in [7, 11) is 0. The molecule has 1 unspecified atom stereocenters. The Balaban J connectivity index is 2.12. The minimum Gasteiger partial charge on any atom is -0.316 e. The lowest BCUT2D eigenvalue weighted by atomic mass is 9.73. The molecule has 1 nitrogen and oxygen atoms in total. The normalized spacial score (nSPS) is 38.1. The Morgan fingerprint density at radius 2 is 2.29 bits per heavy atom. The lowest BCUT2D eigenvalue weighted by molar-refractivity contribution is 0.257. The van der Waals surface area contributed by atoms with Gasteiger partial charge in [-0.05, 0) is 36.8 Å². The van der Waals surface area contributed by atoms with Crippen LogP contribution in [0.25, 0.3) is 0 Å². The van der Waals surface area contributed by atoms with Crippen LogP contribution >= 0.6 is 23.2 Å². The van der Waals surface area contributed by atoms with Crippen LogP contribution in [0.15, 0.2) is 22.2 Å². The summed E-state index contributed by atoms with van der Waals surface area (Å²) in [6.07, 6.45) is 6.28. The molecule has 1 heterocycles. The summed E-state index contributed by atoms with van der Waals surface area (Å²) in [6.45, 7) is 4.53. The standard InChI is InChI=1S/C11H15Cl2N/c1-11(4-5-14-7-11)8-2-3-9(12)10(13)6-8/h2-3,8,14H,4-7H2,1H3/t8-,11?/m0/s1. The Bertz CT molecular complexity index is 288. The molecule has 0 aromatic carbocycles. The maximum Gasteiger partial charge on any atom is 0.0548 e. The van der Waals surface area contributed by atoms with Crippen molar-refractivity contribution in [1.82, 2.24) is 5.32 Å². The van der Waals surface area contributed by atoms with E-state index in [0.29, 0.717) is 16.4 Å². The molecule has 0 saturated carbocycles. The van der Waals surface area contributed by atoms with Gasteiger partial charge >= 0.3 is 0 Å². The maximum absolute atomic E-state index is 6.08. The number of nitrogens with one attached hydrogen (secondary N) is 1. The van der Waals surface area contributed by atoms with E-state index in [-0.39, 0.29) is 0 Å². The highest BCUT2D eigenvalue weighted by Crippen LogP contribution is 2.42. The van der Waals surface area contributed by atoms with Gasteiger partial charge in [0, 0.05) is 11.6 Å². The van der Waals surface area contributed by atoms with Crippen molar-refractivity contribution in [3.8, 4) is 0 Å². The molecule has 0 amide bonds. The maximum atomic E-state index is 6.08. The first-order valence-electron chi connectivity index (χ1n) is 5.05. The minimum atomic E-state index is 0.355. The van der Waals surface area contributed by atoms with Crippen LogP contribution in [-0.4, -0.2) is 13.1 Å².